The summed E-state index contributed by atoms with van der Waals surface area (Å²) in [4.78, 5) is 0. The van der Waals surface area contributed by atoms with E-state index in [0.29, 0.717) is 0 Å². The molecule has 0 fully saturated rings. The van der Waals surface area contributed by atoms with E-state index in [2.05, 4.69) is 6.20 Å². The van der Waals surface area contributed by atoms with E-state index in [1.165, 1.54) is 0 Å². The SMILES string of the molecule is Cc1[c-][n+]([O-])c(C)c(C)c1.[W+2]. The van der Waals surface area contributed by atoms with Crippen LogP contribution in [-0.4, -0.2) is 0 Å². The molecule has 3 heteroatoms. The van der Waals surface area contributed by atoms with Crippen LogP contribution in [0.3, 0.4) is 0 Å². The zero-order valence-corrected chi connectivity index (χ0v) is 9.77. The predicted molar refractivity (Wildman–Crippen MR) is 38.4 cm³/mol. The molecule has 0 aliphatic rings. The molecular formula is C8H10NOW+. The van der Waals surface area contributed by atoms with Crippen LogP contribution in [0.5, 0.6) is 0 Å². The van der Waals surface area contributed by atoms with Crippen molar-refractivity contribution in [2.45, 2.75) is 20.8 Å². The van der Waals surface area contributed by atoms with Gasteiger partial charge in [0.15, 0.2) is 0 Å². The maximum Gasteiger partial charge on any atom is 2.00 e. The minimum atomic E-state index is 0. The first-order valence-corrected chi connectivity index (χ1v) is 3.21. The van der Waals surface area contributed by atoms with Crippen LogP contribution in [0.25, 0.3) is 0 Å². The largest absolute Gasteiger partial charge is 2.00 e. The van der Waals surface area contributed by atoms with Crippen molar-refractivity contribution in [3.8, 4) is 0 Å². The summed E-state index contributed by atoms with van der Waals surface area (Å²) >= 11 is 0. The van der Waals surface area contributed by atoms with E-state index < -0.39 is 0 Å². The summed E-state index contributed by atoms with van der Waals surface area (Å²) in [5.74, 6) is 0. The molecule has 0 N–H and O–H groups in total. The molecule has 0 amide bonds. The summed E-state index contributed by atoms with van der Waals surface area (Å²) in [5.41, 5.74) is 2.63. The van der Waals surface area contributed by atoms with Gasteiger partial charge in [0, 0.05) is 0 Å². The van der Waals surface area contributed by atoms with Crippen LogP contribution in [-0.2, 0) is 21.1 Å². The molecule has 1 rings (SSSR count). The molecule has 0 bridgehead atoms. The first kappa shape index (κ1) is 10.6. The smallest absolute Gasteiger partial charge is 0.640 e. The zero-order valence-electron chi connectivity index (χ0n) is 6.84. The Labute approximate surface area is 81.1 Å². The van der Waals surface area contributed by atoms with Crippen molar-refractivity contribution in [2.24, 2.45) is 0 Å². The summed E-state index contributed by atoms with van der Waals surface area (Å²) in [7, 11) is 0. The summed E-state index contributed by atoms with van der Waals surface area (Å²) in [5, 5.41) is 10.9. The van der Waals surface area contributed by atoms with E-state index >= 15 is 0 Å². The summed E-state index contributed by atoms with van der Waals surface area (Å²) in [6.45, 7) is 5.57. The van der Waals surface area contributed by atoms with Crippen molar-refractivity contribution in [2.75, 3.05) is 0 Å². The molecule has 0 aliphatic heterocycles. The molecule has 1 aromatic heterocycles. The Morgan fingerprint density at radius 1 is 1.36 bits per heavy atom. The van der Waals surface area contributed by atoms with E-state index in [-0.39, 0.29) is 21.1 Å². The number of aryl methyl sites for hydroxylation is 2. The molecule has 0 saturated carbocycles. The Hall–Kier alpha value is -0.362. The molecule has 1 heterocycles. The van der Waals surface area contributed by atoms with Crippen molar-refractivity contribution in [3.05, 3.63) is 34.3 Å². The van der Waals surface area contributed by atoms with E-state index in [0.717, 1.165) is 21.6 Å². The minimum absolute atomic E-state index is 0. The Morgan fingerprint density at radius 3 is 2.36 bits per heavy atom. The standard InChI is InChI=1S/C8H10NO.W/c1-6-4-7(2)8(3)9(10)5-6;/h4H,1-3H3;/q-1;+2. The van der Waals surface area contributed by atoms with Crippen LogP contribution in [0.4, 0.5) is 0 Å². The first-order chi connectivity index (χ1) is 4.61. The molecule has 2 nitrogen and oxygen atoms in total. The van der Waals surface area contributed by atoms with Crippen LogP contribution in [0.2, 0.25) is 0 Å². The van der Waals surface area contributed by atoms with Gasteiger partial charge < -0.3 is 5.21 Å². The Balaban J connectivity index is 0.000001000. The molecule has 58 valence electrons. The van der Waals surface area contributed by atoms with Gasteiger partial charge in [0.2, 0.25) is 0 Å². The van der Waals surface area contributed by atoms with Gasteiger partial charge in [-0.25, -0.2) is 0 Å². The third-order valence-corrected chi connectivity index (χ3v) is 1.59. The third kappa shape index (κ3) is 2.30. The number of hydrogen-bond donors (Lipinski definition) is 0. The Bertz CT molecular complexity index is 237. The van der Waals surface area contributed by atoms with Crippen LogP contribution in [0, 0.1) is 32.2 Å². The van der Waals surface area contributed by atoms with Gasteiger partial charge in [0.1, 0.15) is 6.20 Å². The van der Waals surface area contributed by atoms with Gasteiger partial charge in [-0.1, -0.05) is 25.0 Å². The van der Waals surface area contributed by atoms with Crippen molar-refractivity contribution < 1.29 is 25.8 Å². The monoisotopic (exact) mass is 320 g/mol. The second-order valence-electron chi connectivity index (χ2n) is 2.50. The Morgan fingerprint density at radius 2 is 1.91 bits per heavy atom. The second kappa shape index (κ2) is 3.87. The molecule has 1 aromatic rings. The summed E-state index contributed by atoms with van der Waals surface area (Å²) in [6.07, 6.45) is 2.64. The fourth-order valence-corrected chi connectivity index (χ4v) is 0.866. The van der Waals surface area contributed by atoms with Crippen molar-refractivity contribution in [3.63, 3.8) is 0 Å². The van der Waals surface area contributed by atoms with Crippen LogP contribution >= 0.6 is 0 Å². The minimum Gasteiger partial charge on any atom is -0.640 e. The number of rotatable bonds is 0. The topological polar surface area (TPSA) is 26.9 Å². The normalized spacial score (nSPS) is 9.00. The van der Waals surface area contributed by atoms with Crippen molar-refractivity contribution >= 4 is 0 Å². The van der Waals surface area contributed by atoms with Crippen molar-refractivity contribution in [1.29, 1.82) is 0 Å². The van der Waals surface area contributed by atoms with Crippen LogP contribution in [0.15, 0.2) is 6.07 Å². The first-order valence-electron chi connectivity index (χ1n) is 3.21. The molecular weight excluding hydrogens is 310 g/mol. The van der Waals surface area contributed by atoms with Gasteiger partial charge in [0.25, 0.3) is 0 Å². The maximum absolute atomic E-state index is 10.9. The van der Waals surface area contributed by atoms with Gasteiger partial charge in [-0.3, -0.25) is 4.73 Å². The van der Waals surface area contributed by atoms with Crippen LogP contribution < -0.4 is 4.73 Å². The second-order valence-corrected chi connectivity index (χ2v) is 2.50. The molecule has 0 spiro atoms. The van der Waals surface area contributed by atoms with E-state index in [1.54, 1.807) is 6.92 Å². The number of pyridine rings is 1. The van der Waals surface area contributed by atoms with Gasteiger partial charge in [-0.15, -0.1) is 0 Å². The van der Waals surface area contributed by atoms with E-state index in [1.807, 2.05) is 19.9 Å². The van der Waals surface area contributed by atoms with E-state index in [9.17, 15) is 5.21 Å². The molecule has 0 saturated heterocycles. The number of aromatic nitrogens is 1. The predicted octanol–water partition coefficient (Wildman–Crippen LogP) is 1.04. The molecule has 0 aliphatic carbocycles. The zero-order chi connectivity index (χ0) is 7.72. The average Bonchev–Trinajstić information content (AvgIpc) is 1.82. The van der Waals surface area contributed by atoms with Crippen molar-refractivity contribution in [1.82, 2.24) is 0 Å². The van der Waals surface area contributed by atoms with Crippen LogP contribution in [0.1, 0.15) is 16.8 Å². The molecule has 0 atom stereocenters. The average molecular weight is 320 g/mol. The summed E-state index contributed by atoms with van der Waals surface area (Å²) < 4.78 is 0.782. The van der Waals surface area contributed by atoms with Gasteiger partial charge >= 0.3 is 21.1 Å². The van der Waals surface area contributed by atoms with Gasteiger partial charge in [-0.05, 0) is 6.92 Å². The molecule has 0 aromatic carbocycles. The maximum atomic E-state index is 10.9. The Kier molecular flexibility index (Phi) is 3.74. The van der Waals surface area contributed by atoms with Gasteiger partial charge in [-0.2, -0.15) is 6.07 Å². The van der Waals surface area contributed by atoms with Gasteiger partial charge in [0.05, 0.1) is 5.69 Å². The fourth-order valence-electron chi connectivity index (χ4n) is 0.866. The third-order valence-electron chi connectivity index (χ3n) is 1.59. The number of hydrogen-bond acceptors (Lipinski definition) is 1. The number of nitrogens with zero attached hydrogens (tertiary/aromatic N) is 1. The molecule has 0 radical (unpaired) electrons. The molecule has 0 unspecified atom stereocenters. The quantitative estimate of drug-likeness (QED) is 0.399. The summed E-state index contributed by atoms with van der Waals surface area (Å²) in [6, 6.07) is 1.95. The molecule has 11 heavy (non-hydrogen) atoms. The fraction of sp³-hybridized carbons (Fsp3) is 0.375. The van der Waals surface area contributed by atoms with E-state index in [4.69, 9.17) is 0 Å².